The fourth-order valence-corrected chi connectivity index (χ4v) is 0.598. The van der Waals surface area contributed by atoms with Crippen molar-refractivity contribution in [2.45, 2.75) is 27.0 Å². The van der Waals surface area contributed by atoms with Crippen LogP contribution in [0.2, 0.25) is 0 Å². The largest absolute Gasteiger partial charge is 0.475 e. The van der Waals surface area contributed by atoms with Crippen LogP contribution in [0.5, 0.6) is 0 Å². The Morgan fingerprint density at radius 3 is 2.79 bits per heavy atom. The summed E-state index contributed by atoms with van der Waals surface area (Å²) in [5, 5.41) is 0. The van der Waals surface area contributed by atoms with Crippen molar-refractivity contribution >= 4 is 12.0 Å². The lowest BCUT2D eigenvalue weighted by atomic mass is 10.3. The van der Waals surface area contributed by atoms with E-state index in [1.54, 1.807) is 20.8 Å². The molecule has 0 saturated heterocycles. The molecule has 0 aliphatic rings. The minimum Gasteiger partial charge on any atom is -0.475 e. The molecule has 78 valence electrons. The molecule has 0 bridgehead atoms. The van der Waals surface area contributed by atoms with E-state index in [-0.39, 0.29) is 0 Å². The van der Waals surface area contributed by atoms with Gasteiger partial charge in [0.1, 0.15) is 0 Å². The summed E-state index contributed by atoms with van der Waals surface area (Å²) in [7, 11) is 0. The fourth-order valence-electron chi connectivity index (χ4n) is 0.598. The molecule has 1 atom stereocenters. The van der Waals surface area contributed by atoms with Crippen molar-refractivity contribution in [2.24, 2.45) is 4.99 Å². The summed E-state index contributed by atoms with van der Waals surface area (Å²) in [6.45, 7) is 5.13. The van der Waals surface area contributed by atoms with Crippen molar-refractivity contribution in [3.05, 3.63) is 11.8 Å². The Kier molecular flexibility index (Phi) is 6.07. The highest BCUT2D eigenvalue weighted by atomic mass is 16.5. The lowest BCUT2D eigenvalue weighted by molar-refractivity contribution is -0.138. The normalized spacial score (nSPS) is 12.6. The van der Waals surface area contributed by atoms with E-state index in [9.17, 15) is 9.59 Å². The topological polar surface area (TPSA) is 65.0 Å². The molecule has 0 amide bonds. The summed E-state index contributed by atoms with van der Waals surface area (Å²) in [5.74, 6) is -0.449. The minimum absolute atomic E-state index is 0.312. The van der Waals surface area contributed by atoms with Crippen LogP contribution in [0.4, 0.5) is 0 Å². The Bertz CT molecular complexity index is 266. The summed E-state index contributed by atoms with van der Waals surface area (Å²) in [6.07, 6.45) is 1.92. The molecule has 0 spiro atoms. The molecular formula is C9H13NO4. The predicted octanol–water partition coefficient (Wildman–Crippen LogP) is 1.15. The second kappa shape index (κ2) is 6.86. The van der Waals surface area contributed by atoms with Crippen molar-refractivity contribution in [2.75, 3.05) is 6.61 Å². The summed E-state index contributed by atoms with van der Waals surface area (Å²) in [6, 6.07) is 0. The molecule has 5 nitrogen and oxygen atoms in total. The van der Waals surface area contributed by atoms with Crippen LogP contribution in [-0.2, 0) is 19.1 Å². The Hall–Kier alpha value is -1.61. The van der Waals surface area contributed by atoms with Gasteiger partial charge in [0, 0.05) is 0 Å². The quantitative estimate of drug-likeness (QED) is 0.219. The van der Waals surface area contributed by atoms with Gasteiger partial charge >= 0.3 is 5.97 Å². The van der Waals surface area contributed by atoms with Gasteiger partial charge in [-0.15, -0.1) is 0 Å². The molecule has 0 aliphatic carbocycles. The molecule has 0 heterocycles. The van der Waals surface area contributed by atoms with Crippen molar-refractivity contribution in [1.29, 1.82) is 0 Å². The third-order valence-electron chi connectivity index (χ3n) is 1.27. The third kappa shape index (κ3) is 5.11. The van der Waals surface area contributed by atoms with Crippen LogP contribution in [0, 0.1) is 0 Å². The van der Waals surface area contributed by atoms with Crippen LogP contribution in [0.25, 0.3) is 0 Å². The lowest BCUT2D eigenvalue weighted by Crippen LogP contribution is -2.07. The van der Waals surface area contributed by atoms with Gasteiger partial charge in [-0.05, 0) is 20.8 Å². The number of isocyanates is 1. The monoisotopic (exact) mass is 199 g/mol. The molecule has 0 rings (SSSR count). The zero-order chi connectivity index (χ0) is 11.0. The first-order valence-corrected chi connectivity index (χ1v) is 4.18. The number of nitrogens with zero attached hydrogens (tertiary/aromatic N) is 1. The van der Waals surface area contributed by atoms with Crippen molar-refractivity contribution in [3.8, 4) is 0 Å². The fraction of sp³-hybridized carbons (Fsp3) is 0.556. The number of aliphatic imine (C=N–C) groups is 1. The Balaban J connectivity index is 4.10. The highest BCUT2D eigenvalue weighted by Gasteiger charge is 2.05. The molecule has 14 heavy (non-hydrogen) atoms. The first-order chi connectivity index (χ1) is 6.61. The maximum Gasteiger partial charge on any atom is 0.336 e. The highest BCUT2D eigenvalue weighted by molar-refractivity contribution is 5.87. The molecule has 0 N–H and O–H groups in total. The number of hydrogen-bond acceptors (Lipinski definition) is 5. The van der Waals surface area contributed by atoms with E-state index >= 15 is 0 Å². The van der Waals surface area contributed by atoms with Gasteiger partial charge in [0.25, 0.3) is 0 Å². The van der Waals surface area contributed by atoms with Gasteiger partial charge in [0.2, 0.25) is 6.08 Å². The van der Waals surface area contributed by atoms with E-state index in [1.807, 2.05) is 0 Å². The number of hydrogen-bond donors (Lipinski definition) is 0. The van der Waals surface area contributed by atoms with Gasteiger partial charge in [-0.3, -0.25) is 0 Å². The number of carbonyl (C=O) groups excluding carboxylic acids is 2. The van der Waals surface area contributed by atoms with Crippen molar-refractivity contribution < 1.29 is 19.1 Å². The van der Waals surface area contributed by atoms with Crippen LogP contribution < -0.4 is 0 Å². The number of ether oxygens (including phenoxy) is 2. The van der Waals surface area contributed by atoms with Gasteiger partial charge in [0.05, 0.1) is 18.4 Å². The van der Waals surface area contributed by atoms with E-state index in [4.69, 9.17) is 9.47 Å². The molecule has 0 saturated carbocycles. The average molecular weight is 199 g/mol. The molecule has 0 aliphatic heterocycles. The molecule has 0 aromatic carbocycles. The van der Waals surface area contributed by atoms with Gasteiger partial charge in [-0.25, -0.2) is 9.59 Å². The van der Waals surface area contributed by atoms with Gasteiger partial charge in [-0.1, -0.05) is 0 Å². The zero-order valence-corrected chi connectivity index (χ0v) is 8.44. The summed E-state index contributed by atoms with van der Waals surface area (Å²) in [4.78, 5) is 24.1. The molecular weight excluding hydrogens is 186 g/mol. The van der Waals surface area contributed by atoms with Crippen molar-refractivity contribution in [1.82, 2.24) is 0 Å². The smallest absolute Gasteiger partial charge is 0.336 e. The van der Waals surface area contributed by atoms with Crippen LogP contribution in [-0.4, -0.2) is 24.9 Å². The first kappa shape index (κ1) is 12.4. The standard InChI is InChI=1S/C9H13NO4/c1-4-13-9(12)7(2)5-14-8(3)10-6-11/h5,8H,4H2,1-3H3/b7-5+. The Labute approximate surface area is 82.4 Å². The number of rotatable bonds is 5. The zero-order valence-electron chi connectivity index (χ0n) is 8.44. The third-order valence-corrected chi connectivity index (χ3v) is 1.27. The number of esters is 1. The second-order valence-corrected chi connectivity index (χ2v) is 2.48. The van der Waals surface area contributed by atoms with Crippen LogP contribution in [0.1, 0.15) is 20.8 Å². The second-order valence-electron chi connectivity index (χ2n) is 2.48. The minimum atomic E-state index is -0.642. The van der Waals surface area contributed by atoms with Crippen LogP contribution in [0.15, 0.2) is 16.8 Å². The maximum absolute atomic E-state index is 11.0. The first-order valence-electron chi connectivity index (χ1n) is 4.18. The summed E-state index contributed by atoms with van der Waals surface area (Å²) in [5.41, 5.74) is 0.319. The highest BCUT2D eigenvalue weighted by Crippen LogP contribution is 2.00. The van der Waals surface area contributed by atoms with E-state index in [0.29, 0.717) is 12.2 Å². The average Bonchev–Trinajstić information content (AvgIpc) is 2.15. The van der Waals surface area contributed by atoms with Crippen LogP contribution >= 0.6 is 0 Å². The Morgan fingerprint density at radius 1 is 1.64 bits per heavy atom. The van der Waals surface area contributed by atoms with Gasteiger partial charge < -0.3 is 9.47 Å². The van der Waals surface area contributed by atoms with E-state index < -0.39 is 12.2 Å². The lowest BCUT2D eigenvalue weighted by Gasteiger charge is -2.05. The van der Waals surface area contributed by atoms with E-state index in [2.05, 4.69) is 4.99 Å². The number of carbonyl (C=O) groups is 1. The molecule has 0 aromatic heterocycles. The maximum atomic E-state index is 11.0. The summed E-state index contributed by atoms with van der Waals surface area (Å²) >= 11 is 0. The van der Waals surface area contributed by atoms with Gasteiger partial charge in [-0.2, -0.15) is 4.99 Å². The Morgan fingerprint density at radius 2 is 2.29 bits per heavy atom. The van der Waals surface area contributed by atoms with E-state index in [1.165, 1.54) is 12.3 Å². The molecule has 0 aromatic rings. The van der Waals surface area contributed by atoms with Crippen LogP contribution in [0.3, 0.4) is 0 Å². The van der Waals surface area contributed by atoms with Crippen molar-refractivity contribution in [3.63, 3.8) is 0 Å². The molecule has 5 heteroatoms. The van der Waals surface area contributed by atoms with E-state index in [0.717, 1.165) is 0 Å². The molecule has 1 unspecified atom stereocenters. The SMILES string of the molecule is CCOC(=O)/C(C)=C/OC(C)N=C=O. The summed E-state index contributed by atoms with van der Waals surface area (Å²) < 4.78 is 9.62. The predicted molar refractivity (Wildman–Crippen MR) is 49.1 cm³/mol. The van der Waals surface area contributed by atoms with Gasteiger partial charge in [0.15, 0.2) is 6.23 Å². The molecule has 0 radical (unpaired) electrons. The molecule has 0 fully saturated rings.